The SMILES string of the molecule is COCCOc1ccc(S(=O)(=O)Nc2cc(C)nn2-c2ccc([N+](=O)[O-])cc2)cc1. The van der Waals surface area contributed by atoms with E-state index in [1.54, 1.807) is 32.2 Å². The van der Waals surface area contributed by atoms with E-state index in [4.69, 9.17) is 9.47 Å². The number of sulfonamides is 1. The predicted octanol–water partition coefficient (Wildman–Crippen LogP) is 2.91. The highest BCUT2D eigenvalue weighted by Crippen LogP contribution is 2.23. The Morgan fingerprint density at radius 1 is 1.10 bits per heavy atom. The van der Waals surface area contributed by atoms with Crippen LogP contribution in [0.3, 0.4) is 0 Å². The van der Waals surface area contributed by atoms with Crippen LogP contribution in [-0.2, 0) is 14.8 Å². The predicted molar refractivity (Wildman–Crippen MR) is 110 cm³/mol. The van der Waals surface area contributed by atoms with Gasteiger partial charge in [0, 0.05) is 25.3 Å². The molecule has 0 atom stereocenters. The molecule has 10 nitrogen and oxygen atoms in total. The maximum absolute atomic E-state index is 12.8. The van der Waals surface area contributed by atoms with Crippen LogP contribution < -0.4 is 9.46 Å². The van der Waals surface area contributed by atoms with Crippen LogP contribution in [0.1, 0.15) is 5.69 Å². The molecule has 0 fully saturated rings. The van der Waals surface area contributed by atoms with Crippen LogP contribution in [0.25, 0.3) is 5.69 Å². The number of nitrogens with one attached hydrogen (secondary N) is 1. The van der Waals surface area contributed by atoms with Gasteiger partial charge in [0.05, 0.1) is 27.8 Å². The molecule has 0 bridgehead atoms. The summed E-state index contributed by atoms with van der Waals surface area (Å²) in [5.74, 6) is 0.736. The van der Waals surface area contributed by atoms with Crippen LogP contribution in [0, 0.1) is 17.0 Å². The van der Waals surface area contributed by atoms with Gasteiger partial charge in [-0.3, -0.25) is 14.8 Å². The van der Waals surface area contributed by atoms with Crippen molar-refractivity contribution in [3.8, 4) is 11.4 Å². The molecule has 0 aliphatic carbocycles. The smallest absolute Gasteiger partial charge is 0.269 e. The zero-order valence-electron chi connectivity index (χ0n) is 16.3. The topological polar surface area (TPSA) is 126 Å². The number of aryl methyl sites for hydroxylation is 1. The molecule has 0 saturated carbocycles. The number of rotatable bonds is 9. The van der Waals surface area contributed by atoms with Gasteiger partial charge in [0.2, 0.25) is 0 Å². The molecule has 11 heteroatoms. The minimum absolute atomic E-state index is 0.0516. The van der Waals surface area contributed by atoms with Gasteiger partial charge in [-0.25, -0.2) is 13.1 Å². The quantitative estimate of drug-likeness (QED) is 0.313. The van der Waals surface area contributed by atoms with Crippen LogP contribution in [0.4, 0.5) is 11.5 Å². The Morgan fingerprint density at radius 2 is 1.77 bits per heavy atom. The van der Waals surface area contributed by atoms with Crippen molar-refractivity contribution in [2.75, 3.05) is 25.0 Å². The Bertz CT molecular complexity index is 1120. The number of methoxy groups -OCH3 is 1. The number of benzene rings is 2. The summed E-state index contributed by atoms with van der Waals surface area (Å²) in [4.78, 5) is 10.4. The lowest BCUT2D eigenvalue weighted by Crippen LogP contribution is -2.16. The first-order valence-corrected chi connectivity index (χ1v) is 10.3. The second kappa shape index (κ2) is 8.93. The number of nitro groups is 1. The number of hydrogen-bond donors (Lipinski definition) is 1. The number of nitro benzene ring substituents is 1. The van der Waals surface area contributed by atoms with Crippen molar-refractivity contribution in [3.63, 3.8) is 0 Å². The van der Waals surface area contributed by atoms with Gasteiger partial charge in [0.1, 0.15) is 18.2 Å². The van der Waals surface area contributed by atoms with E-state index in [0.29, 0.717) is 30.3 Å². The van der Waals surface area contributed by atoms with Gasteiger partial charge in [0.25, 0.3) is 15.7 Å². The summed E-state index contributed by atoms with van der Waals surface area (Å²) >= 11 is 0. The molecule has 0 aliphatic rings. The molecule has 1 N–H and O–H groups in total. The lowest BCUT2D eigenvalue weighted by molar-refractivity contribution is -0.384. The van der Waals surface area contributed by atoms with Crippen molar-refractivity contribution in [2.45, 2.75) is 11.8 Å². The van der Waals surface area contributed by atoms with Gasteiger partial charge in [0.15, 0.2) is 0 Å². The van der Waals surface area contributed by atoms with Crippen molar-refractivity contribution in [1.29, 1.82) is 0 Å². The molecule has 0 saturated heterocycles. The molecule has 0 spiro atoms. The minimum atomic E-state index is -3.89. The summed E-state index contributed by atoms with van der Waals surface area (Å²) in [5, 5.41) is 15.1. The fourth-order valence-electron chi connectivity index (χ4n) is 2.64. The first-order valence-electron chi connectivity index (χ1n) is 8.86. The van der Waals surface area contributed by atoms with E-state index in [1.165, 1.54) is 41.1 Å². The number of non-ortho nitro benzene ring substituents is 1. The van der Waals surface area contributed by atoms with E-state index in [-0.39, 0.29) is 16.4 Å². The maximum Gasteiger partial charge on any atom is 0.269 e. The van der Waals surface area contributed by atoms with Crippen molar-refractivity contribution in [2.24, 2.45) is 0 Å². The Labute approximate surface area is 173 Å². The lowest BCUT2D eigenvalue weighted by Gasteiger charge is -2.11. The average molecular weight is 432 g/mol. The third kappa shape index (κ3) is 4.93. The first kappa shape index (κ1) is 21.3. The number of nitrogens with zero attached hydrogens (tertiary/aromatic N) is 3. The number of aromatic nitrogens is 2. The number of anilines is 1. The molecular formula is C19H20N4O6S. The van der Waals surface area contributed by atoms with Crippen molar-refractivity contribution in [3.05, 3.63) is 70.4 Å². The molecule has 0 amide bonds. The fourth-order valence-corrected chi connectivity index (χ4v) is 3.67. The summed E-state index contributed by atoms with van der Waals surface area (Å²) in [6, 6.07) is 13.2. The van der Waals surface area contributed by atoms with E-state index in [2.05, 4.69) is 9.82 Å². The fraction of sp³-hybridized carbons (Fsp3) is 0.211. The molecule has 2 aromatic carbocycles. The maximum atomic E-state index is 12.8. The molecule has 0 unspecified atom stereocenters. The summed E-state index contributed by atoms with van der Waals surface area (Å²) in [6.45, 7) is 2.49. The van der Waals surface area contributed by atoms with Gasteiger partial charge in [-0.15, -0.1) is 0 Å². The van der Waals surface area contributed by atoms with Gasteiger partial charge >= 0.3 is 0 Å². The highest BCUT2D eigenvalue weighted by Gasteiger charge is 2.18. The zero-order chi connectivity index (χ0) is 21.7. The molecule has 0 radical (unpaired) electrons. The molecule has 158 valence electrons. The highest BCUT2D eigenvalue weighted by atomic mass is 32.2. The molecule has 3 aromatic rings. The normalized spacial score (nSPS) is 11.3. The molecule has 0 aliphatic heterocycles. The second-order valence-electron chi connectivity index (χ2n) is 6.27. The van der Waals surface area contributed by atoms with E-state index in [0.717, 1.165) is 0 Å². The lowest BCUT2D eigenvalue weighted by atomic mass is 10.3. The van der Waals surface area contributed by atoms with Crippen LogP contribution in [-0.4, -0.2) is 43.4 Å². The van der Waals surface area contributed by atoms with Crippen molar-refractivity contribution in [1.82, 2.24) is 9.78 Å². The Hall–Kier alpha value is -3.44. The monoisotopic (exact) mass is 432 g/mol. The van der Waals surface area contributed by atoms with E-state index < -0.39 is 14.9 Å². The number of ether oxygens (including phenoxy) is 2. The molecule has 30 heavy (non-hydrogen) atoms. The highest BCUT2D eigenvalue weighted by molar-refractivity contribution is 7.92. The average Bonchev–Trinajstić information content (AvgIpc) is 3.08. The van der Waals surface area contributed by atoms with Gasteiger partial charge in [-0.2, -0.15) is 5.10 Å². The third-order valence-corrected chi connectivity index (χ3v) is 5.44. The third-order valence-electron chi connectivity index (χ3n) is 4.07. The summed E-state index contributed by atoms with van der Waals surface area (Å²) in [6.07, 6.45) is 0. The largest absolute Gasteiger partial charge is 0.491 e. The van der Waals surface area contributed by atoms with Crippen molar-refractivity contribution >= 4 is 21.5 Å². The van der Waals surface area contributed by atoms with Gasteiger partial charge < -0.3 is 9.47 Å². The van der Waals surface area contributed by atoms with Crippen molar-refractivity contribution < 1.29 is 22.8 Å². The summed E-state index contributed by atoms with van der Waals surface area (Å²) < 4.78 is 39.8. The number of hydrogen-bond acceptors (Lipinski definition) is 7. The zero-order valence-corrected chi connectivity index (χ0v) is 17.1. The van der Waals surface area contributed by atoms with E-state index >= 15 is 0 Å². The van der Waals surface area contributed by atoms with E-state index in [1.807, 2.05) is 0 Å². The molecule has 1 aromatic heterocycles. The summed E-state index contributed by atoms with van der Waals surface area (Å²) in [5.41, 5.74) is 0.985. The van der Waals surface area contributed by atoms with Crippen LogP contribution >= 0.6 is 0 Å². The van der Waals surface area contributed by atoms with Gasteiger partial charge in [-0.05, 0) is 43.3 Å². The standard InChI is InChI=1S/C19H20N4O6S/c1-14-13-19(22(20-14)15-3-5-16(6-4-15)23(24)25)21-30(26,27)18-9-7-17(8-10-18)29-12-11-28-2/h3-10,13,21H,11-12H2,1-2H3. The second-order valence-corrected chi connectivity index (χ2v) is 7.96. The Morgan fingerprint density at radius 3 is 2.37 bits per heavy atom. The first-order chi connectivity index (χ1) is 14.3. The molecular weight excluding hydrogens is 412 g/mol. The minimum Gasteiger partial charge on any atom is -0.491 e. The van der Waals surface area contributed by atoms with E-state index in [9.17, 15) is 18.5 Å². The van der Waals surface area contributed by atoms with Crippen LogP contribution in [0.2, 0.25) is 0 Å². The molecule has 1 heterocycles. The van der Waals surface area contributed by atoms with Crippen LogP contribution in [0.5, 0.6) is 5.75 Å². The Balaban J connectivity index is 1.82. The summed E-state index contributed by atoms with van der Waals surface area (Å²) in [7, 11) is -2.33. The van der Waals surface area contributed by atoms with Gasteiger partial charge in [-0.1, -0.05) is 0 Å². The Kier molecular flexibility index (Phi) is 6.33. The molecule has 3 rings (SSSR count). The van der Waals surface area contributed by atoms with Crippen LogP contribution in [0.15, 0.2) is 59.5 Å².